The first-order valence-corrected chi connectivity index (χ1v) is 7.94. The maximum absolute atomic E-state index is 9.13. The SMILES string of the molecule is CCc1ccc2c(c1)nc(CCCO)n2Cc1ccccc1. The fourth-order valence-electron chi connectivity index (χ4n) is 2.82. The number of aliphatic hydroxyl groups excluding tert-OH is 1. The number of nitrogens with zero attached hydrogens (tertiary/aromatic N) is 2. The molecule has 3 nitrogen and oxygen atoms in total. The summed E-state index contributed by atoms with van der Waals surface area (Å²) < 4.78 is 2.28. The van der Waals surface area contributed by atoms with E-state index in [-0.39, 0.29) is 6.61 Å². The summed E-state index contributed by atoms with van der Waals surface area (Å²) in [5, 5.41) is 9.13. The van der Waals surface area contributed by atoms with E-state index in [1.807, 2.05) is 6.07 Å². The minimum absolute atomic E-state index is 0.203. The molecule has 3 heteroatoms. The summed E-state index contributed by atoms with van der Waals surface area (Å²) in [6, 6.07) is 17.0. The molecule has 0 saturated heterocycles. The molecule has 3 aromatic rings. The normalized spacial score (nSPS) is 11.2. The van der Waals surface area contributed by atoms with Crippen LogP contribution in [0.3, 0.4) is 0 Å². The zero-order valence-corrected chi connectivity index (χ0v) is 13.0. The average Bonchev–Trinajstić information content (AvgIpc) is 2.90. The van der Waals surface area contributed by atoms with Crippen LogP contribution < -0.4 is 0 Å². The number of rotatable bonds is 6. The highest BCUT2D eigenvalue weighted by Gasteiger charge is 2.11. The molecule has 0 aliphatic carbocycles. The van der Waals surface area contributed by atoms with Crippen LogP contribution in [-0.4, -0.2) is 21.3 Å². The van der Waals surface area contributed by atoms with Gasteiger partial charge < -0.3 is 9.67 Å². The molecule has 1 aromatic heterocycles. The molecule has 0 amide bonds. The second-order valence-electron chi connectivity index (χ2n) is 5.60. The third-order valence-corrected chi connectivity index (χ3v) is 4.04. The van der Waals surface area contributed by atoms with Crippen molar-refractivity contribution in [3.8, 4) is 0 Å². The minimum atomic E-state index is 0.203. The van der Waals surface area contributed by atoms with E-state index >= 15 is 0 Å². The summed E-state index contributed by atoms with van der Waals surface area (Å²) >= 11 is 0. The molecule has 114 valence electrons. The number of hydrogen-bond acceptors (Lipinski definition) is 2. The number of aromatic nitrogens is 2. The van der Waals surface area contributed by atoms with Crippen molar-refractivity contribution in [3.05, 3.63) is 65.5 Å². The van der Waals surface area contributed by atoms with E-state index in [1.54, 1.807) is 0 Å². The summed E-state index contributed by atoms with van der Waals surface area (Å²) in [7, 11) is 0. The van der Waals surface area contributed by atoms with Gasteiger partial charge in [0.25, 0.3) is 0 Å². The molecular weight excluding hydrogens is 272 g/mol. The molecule has 0 spiro atoms. The first kappa shape index (κ1) is 14.8. The lowest BCUT2D eigenvalue weighted by molar-refractivity contribution is 0.287. The third kappa shape index (κ3) is 3.04. The second-order valence-corrected chi connectivity index (χ2v) is 5.60. The van der Waals surface area contributed by atoms with Crippen LogP contribution in [0.15, 0.2) is 48.5 Å². The smallest absolute Gasteiger partial charge is 0.110 e. The predicted octanol–water partition coefficient (Wildman–Crippen LogP) is 3.57. The Morgan fingerprint density at radius 1 is 1.05 bits per heavy atom. The lowest BCUT2D eigenvalue weighted by atomic mass is 10.1. The van der Waals surface area contributed by atoms with Gasteiger partial charge in [-0.2, -0.15) is 0 Å². The quantitative estimate of drug-likeness (QED) is 0.754. The van der Waals surface area contributed by atoms with E-state index in [0.29, 0.717) is 0 Å². The maximum Gasteiger partial charge on any atom is 0.110 e. The molecule has 22 heavy (non-hydrogen) atoms. The van der Waals surface area contributed by atoms with Crippen molar-refractivity contribution < 1.29 is 5.11 Å². The molecule has 2 aromatic carbocycles. The van der Waals surface area contributed by atoms with Crippen molar-refractivity contribution in [2.75, 3.05) is 6.61 Å². The van der Waals surface area contributed by atoms with Gasteiger partial charge in [-0.1, -0.05) is 43.3 Å². The lowest BCUT2D eigenvalue weighted by Gasteiger charge is -2.09. The predicted molar refractivity (Wildman–Crippen MR) is 90.1 cm³/mol. The molecule has 0 aliphatic rings. The first-order valence-electron chi connectivity index (χ1n) is 7.94. The van der Waals surface area contributed by atoms with Crippen molar-refractivity contribution in [2.24, 2.45) is 0 Å². The molecule has 0 saturated carbocycles. The Hall–Kier alpha value is -2.13. The molecule has 0 unspecified atom stereocenters. The van der Waals surface area contributed by atoms with Gasteiger partial charge in [0.15, 0.2) is 0 Å². The summed E-state index contributed by atoms with van der Waals surface area (Å²) in [5.41, 5.74) is 4.81. The average molecular weight is 294 g/mol. The summed E-state index contributed by atoms with van der Waals surface area (Å²) in [5.74, 6) is 1.06. The number of imidazole rings is 1. The minimum Gasteiger partial charge on any atom is -0.396 e. The van der Waals surface area contributed by atoms with Crippen LogP contribution in [-0.2, 0) is 19.4 Å². The van der Waals surface area contributed by atoms with Crippen molar-refractivity contribution in [1.29, 1.82) is 0 Å². The lowest BCUT2D eigenvalue weighted by Crippen LogP contribution is -2.06. The number of hydrogen-bond donors (Lipinski definition) is 1. The molecule has 3 rings (SSSR count). The van der Waals surface area contributed by atoms with E-state index in [1.165, 1.54) is 16.6 Å². The van der Waals surface area contributed by atoms with Gasteiger partial charge >= 0.3 is 0 Å². The van der Waals surface area contributed by atoms with Crippen molar-refractivity contribution in [1.82, 2.24) is 9.55 Å². The number of fused-ring (bicyclic) bond motifs is 1. The largest absolute Gasteiger partial charge is 0.396 e. The van der Waals surface area contributed by atoms with Gasteiger partial charge in [0.1, 0.15) is 5.82 Å². The Morgan fingerprint density at radius 3 is 2.59 bits per heavy atom. The first-order chi connectivity index (χ1) is 10.8. The van der Waals surface area contributed by atoms with E-state index in [4.69, 9.17) is 10.1 Å². The van der Waals surface area contributed by atoms with E-state index in [9.17, 15) is 0 Å². The van der Waals surface area contributed by atoms with Crippen LogP contribution in [0.4, 0.5) is 0 Å². The highest BCUT2D eigenvalue weighted by molar-refractivity contribution is 5.77. The van der Waals surface area contributed by atoms with Crippen LogP contribution >= 0.6 is 0 Å². The van der Waals surface area contributed by atoms with Crippen LogP contribution in [0.5, 0.6) is 0 Å². The summed E-state index contributed by atoms with van der Waals surface area (Å²) in [4.78, 5) is 4.81. The topological polar surface area (TPSA) is 38.1 Å². The highest BCUT2D eigenvalue weighted by atomic mass is 16.2. The van der Waals surface area contributed by atoms with Crippen LogP contribution in [0.2, 0.25) is 0 Å². The summed E-state index contributed by atoms with van der Waals surface area (Å²) in [6.07, 6.45) is 2.58. The molecule has 0 atom stereocenters. The Labute approximate surface area is 131 Å². The second kappa shape index (κ2) is 6.75. The fourth-order valence-corrected chi connectivity index (χ4v) is 2.82. The van der Waals surface area contributed by atoms with E-state index < -0.39 is 0 Å². The van der Waals surface area contributed by atoms with Gasteiger partial charge in [-0.3, -0.25) is 0 Å². The molecule has 0 radical (unpaired) electrons. The monoisotopic (exact) mass is 294 g/mol. The maximum atomic E-state index is 9.13. The van der Waals surface area contributed by atoms with Gasteiger partial charge in [0.05, 0.1) is 11.0 Å². The highest BCUT2D eigenvalue weighted by Crippen LogP contribution is 2.21. The van der Waals surface area contributed by atoms with Crippen molar-refractivity contribution in [3.63, 3.8) is 0 Å². The van der Waals surface area contributed by atoms with Gasteiger partial charge in [0, 0.05) is 19.6 Å². The Bertz CT molecular complexity index is 747. The van der Waals surface area contributed by atoms with E-state index in [2.05, 4.69) is 54.0 Å². The summed E-state index contributed by atoms with van der Waals surface area (Å²) in [6.45, 7) is 3.19. The Kier molecular flexibility index (Phi) is 4.54. The van der Waals surface area contributed by atoms with Crippen molar-refractivity contribution in [2.45, 2.75) is 32.7 Å². The third-order valence-electron chi connectivity index (χ3n) is 4.04. The molecule has 0 fully saturated rings. The molecular formula is C19H22N2O. The molecule has 1 heterocycles. The molecule has 1 N–H and O–H groups in total. The standard InChI is InChI=1S/C19H22N2O/c1-2-15-10-11-18-17(13-15)20-19(9-6-12-22)21(18)14-16-7-4-3-5-8-16/h3-5,7-8,10-11,13,22H,2,6,9,12,14H2,1H3. The van der Waals surface area contributed by atoms with Crippen molar-refractivity contribution >= 4 is 11.0 Å². The van der Waals surface area contributed by atoms with Gasteiger partial charge in [-0.05, 0) is 36.1 Å². The van der Waals surface area contributed by atoms with Gasteiger partial charge in [-0.15, -0.1) is 0 Å². The number of aliphatic hydroxyl groups is 1. The van der Waals surface area contributed by atoms with Gasteiger partial charge in [-0.25, -0.2) is 4.98 Å². The van der Waals surface area contributed by atoms with Gasteiger partial charge in [0.2, 0.25) is 0 Å². The van der Waals surface area contributed by atoms with E-state index in [0.717, 1.165) is 37.1 Å². The molecule has 0 aliphatic heterocycles. The van der Waals surface area contributed by atoms with Crippen LogP contribution in [0.1, 0.15) is 30.3 Å². The van der Waals surface area contributed by atoms with Crippen LogP contribution in [0, 0.1) is 0 Å². The number of benzene rings is 2. The zero-order valence-electron chi connectivity index (χ0n) is 13.0. The fraction of sp³-hybridized carbons (Fsp3) is 0.316. The Balaban J connectivity index is 2.03. The van der Waals surface area contributed by atoms with Crippen LogP contribution in [0.25, 0.3) is 11.0 Å². The number of aryl methyl sites for hydroxylation is 2. The zero-order chi connectivity index (χ0) is 15.4. The Morgan fingerprint density at radius 2 is 1.86 bits per heavy atom. The molecule has 0 bridgehead atoms.